The lowest BCUT2D eigenvalue weighted by molar-refractivity contribution is -0.129. The molecule has 7 nitrogen and oxygen atoms in total. The summed E-state index contributed by atoms with van der Waals surface area (Å²) in [5, 5.41) is 0.946. The summed E-state index contributed by atoms with van der Waals surface area (Å²) in [5.41, 5.74) is 6.97. The molecule has 7 heteroatoms. The van der Waals surface area contributed by atoms with Gasteiger partial charge in [-0.1, -0.05) is 12.1 Å². The van der Waals surface area contributed by atoms with Gasteiger partial charge in [-0.05, 0) is 30.2 Å². The number of fused-ring (bicyclic) bond motifs is 1. The molecule has 4 rings (SSSR count). The Morgan fingerprint density at radius 2 is 2.20 bits per heavy atom. The number of methoxy groups -OCH3 is 1. The summed E-state index contributed by atoms with van der Waals surface area (Å²) in [6.07, 6.45) is 3.94. The number of anilines is 1. The number of aromatic amines is 1. The van der Waals surface area contributed by atoms with E-state index in [1.807, 2.05) is 36.5 Å². The Morgan fingerprint density at radius 1 is 1.36 bits per heavy atom. The minimum absolute atomic E-state index is 0.286. The number of nitrogens with two attached hydrogens (primary N) is 1. The molecular formula is C18H19N5O2. The van der Waals surface area contributed by atoms with Gasteiger partial charge in [0.25, 0.3) is 0 Å². The molecule has 1 saturated heterocycles. The fraction of sp³-hybridized carbons (Fsp3) is 0.278. The molecule has 3 N–H and O–H groups in total. The third-order valence-corrected chi connectivity index (χ3v) is 4.82. The van der Waals surface area contributed by atoms with Gasteiger partial charge in [-0.25, -0.2) is 9.97 Å². The van der Waals surface area contributed by atoms with Crippen LogP contribution < -0.4 is 15.4 Å². The van der Waals surface area contributed by atoms with E-state index in [1.165, 1.54) is 6.33 Å². The van der Waals surface area contributed by atoms with Crippen molar-refractivity contribution in [1.82, 2.24) is 15.0 Å². The van der Waals surface area contributed by atoms with Gasteiger partial charge < -0.3 is 20.4 Å². The Bertz CT molecular complexity index is 930. The summed E-state index contributed by atoms with van der Waals surface area (Å²) < 4.78 is 5.26. The number of amides is 1. The number of nitrogens with one attached hydrogen (secondary N) is 1. The van der Waals surface area contributed by atoms with Gasteiger partial charge in [0.15, 0.2) is 0 Å². The molecule has 1 aliphatic rings. The van der Waals surface area contributed by atoms with Crippen LogP contribution in [0.3, 0.4) is 0 Å². The summed E-state index contributed by atoms with van der Waals surface area (Å²) in [7, 11) is 1.63. The highest BCUT2D eigenvalue weighted by molar-refractivity contribution is 5.90. The Hall–Kier alpha value is -3.09. The van der Waals surface area contributed by atoms with Crippen molar-refractivity contribution in [2.45, 2.75) is 6.42 Å². The van der Waals surface area contributed by atoms with Crippen LogP contribution in [0.4, 0.5) is 5.82 Å². The van der Waals surface area contributed by atoms with Crippen LogP contribution in [0.25, 0.3) is 11.0 Å². The first kappa shape index (κ1) is 15.4. The molecule has 1 aromatic carbocycles. The van der Waals surface area contributed by atoms with Crippen molar-refractivity contribution in [1.29, 1.82) is 0 Å². The van der Waals surface area contributed by atoms with Crippen molar-refractivity contribution in [3.63, 3.8) is 0 Å². The molecule has 128 valence electrons. The van der Waals surface area contributed by atoms with Crippen LogP contribution in [0.2, 0.25) is 0 Å². The maximum Gasteiger partial charge on any atom is 0.227 e. The van der Waals surface area contributed by atoms with Crippen molar-refractivity contribution < 1.29 is 9.53 Å². The van der Waals surface area contributed by atoms with E-state index in [0.29, 0.717) is 19.5 Å². The standard InChI is InChI=1S/C18H19N5O2/c1-25-13-4-2-3-12(7-13)8-18(17(19)24)9-23(10-18)16-14-5-6-20-15(14)21-11-22-16/h2-7,11H,8-10H2,1H3,(H2,19,24)(H,20,21,22). The highest BCUT2D eigenvalue weighted by Gasteiger charge is 2.49. The number of H-pyrrole nitrogens is 1. The van der Waals surface area contributed by atoms with Crippen LogP contribution in [0.1, 0.15) is 5.56 Å². The molecule has 1 amide bonds. The fourth-order valence-corrected chi connectivity index (χ4v) is 3.47. The van der Waals surface area contributed by atoms with Crippen molar-refractivity contribution >= 4 is 22.8 Å². The first-order valence-corrected chi connectivity index (χ1v) is 8.07. The van der Waals surface area contributed by atoms with Crippen LogP contribution in [-0.4, -0.2) is 41.1 Å². The normalized spacial score (nSPS) is 15.8. The molecule has 2 aromatic heterocycles. The van der Waals surface area contributed by atoms with Gasteiger partial charge in [0.2, 0.25) is 5.91 Å². The molecule has 25 heavy (non-hydrogen) atoms. The first-order chi connectivity index (χ1) is 12.1. The second-order valence-corrected chi connectivity index (χ2v) is 6.47. The monoisotopic (exact) mass is 337 g/mol. The molecule has 1 aliphatic heterocycles. The molecule has 3 heterocycles. The molecule has 0 spiro atoms. The number of hydrogen-bond donors (Lipinski definition) is 2. The fourth-order valence-electron chi connectivity index (χ4n) is 3.47. The minimum Gasteiger partial charge on any atom is -0.497 e. The summed E-state index contributed by atoms with van der Waals surface area (Å²) in [5.74, 6) is 1.32. The van der Waals surface area contributed by atoms with Gasteiger partial charge in [0.05, 0.1) is 17.9 Å². The molecule has 0 bridgehead atoms. The van der Waals surface area contributed by atoms with Gasteiger partial charge >= 0.3 is 0 Å². The molecule has 1 fully saturated rings. The van der Waals surface area contributed by atoms with Crippen molar-refractivity contribution in [2.75, 3.05) is 25.1 Å². The van der Waals surface area contributed by atoms with E-state index in [0.717, 1.165) is 28.2 Å². The van der Waals surface area contributed by atoms with E-state index < -0.39 is 5.41 Å². The Kier molecular flexibility index (Phi) is 3.56. The molecule has 3 aromatic rings. The predicted octanol–water partition coefficient (Wildman–Crippen LogP) is 1.50. The molecule has 0 radical (unpaired) electrons. The van der Waals surface area contributed by atoms with E-state index in [4.69, 9.17) is 10.5 Å². The summed E-state index contributed by atoms with van der Waals surface area (Å²) in [4.78, 5) is 25.9. The quantitative estimate of drug-likeness (QED) is 0.735. The lowest BCUT2D eigenvalue weighted by Crippen LogP contribution is -2.64. The maximum absolute atomic E-state index is 12.2. The zero-order valence-corrected chi connectivity index (χ0v) is 13.9. The largest absolute Gasteiger partial charge is 0.497 e. The van der Waals surface area contributed by atoms with E-state index >= 15 is 0 Å². The number of rotatable bonds is 5. The van der Waals surface area contributed by atoms with Gasteiger partial charge in [0.1, 0.15) is 23.5 Å². The van der Waals surface area contributed by atoms with E-state index in [-0.39, 0.29) is 5.91 Å². The Balaban J connectivity index is 1.58. The Labute approximate surface area is 144 Å². The van der Waals surface area contributed by atoms with Crippen LogP contribution in [0.15, 0.2) is 42.9 Å². The van der Waals surface area contributed by atoms with Gasteiger partial charge in [0, 0.05) is 19.3 Å². The molecule has 0 saturated carbocycles. The van der Waals surface area contributed by atoms with Gasteiger partial charge in [-0.2, -0.15) is 0 Å². The zero-order valence-electron chi connectivity index (χ0n) is 13.9. The number of carbonyl (C=O) groups excluding carboxylic acids is 1. The number of benzene rings is 1. The average Bonchev–Trinajstić information content (AvgIpc) is 3.06. The summed E-state index contributed by atoms with van der Waals surface area (Å²) in [6.45, 7) is 1.08. The zero-order chi connectivity index (χ0) is 17.4. The number of aromatic nitrogens is 3. The molecule has 0 aliphatic carbocycles. The van der Waals surface area contributed by atoms with Crippen molar-refractivity contribution in [2.24, 2.45) is 11.1 Å². The smallest absolute Gasteiger partial charge is 0.227 e. The topological polar surface area (TPSA) is 97.1 Å². The van der Waals surface area contributed by atoms with E-state index in [2.05, 4.69) is 19.9 Å². The summed E-state index contributed by atoms with van der Waals surface area (Å²) >= 11 is 0. The third-order valence-electron chi connectivity index (χ3n) is 4.82. The number of primary amides is 1. The number of ether oxygens (including phenoxy) is 1. The van der Waals surface area contributed by atoms with Crippen molar-refractivity contribution in [3.8, 4) is 5.75 Å². The predicted molar refractivity (Wildman–Crippen MR) is 94.4 cm³/mol. The summed E-state index contributed by atoms with van der Waals surface area (Å²) in [6, 6.07) is 9.69. The first-order valence-electron chi connectivity index (χ1n) is 8.07. The molecule has 0 atom stereocenters. The van der Waals surface area contributed by atoms with E-state index in [9.17, 15) is 4.79 Å². The van der Waals surface area contributed by atoms with Crippen LogP contribution in [0, 0.1) is 5.41 Å². The SMILES string of the molecule is COc1cccc(CC2(C(N)=O)CN(c3ncnc4[nH]ccc34)C2)c1. The van der Waals surface area contributed by atoms with Crippen LogP contribution >= 0.6 is 0 Å². The second-order valence-electron chi connectivity index (χ2n) is 6.47. The second kappa shape index (κ2) is 5.77. The minimum atomic E-state index is -0.597. The Morgan fingerprint density at radius 3 is 2.96 bits per heavy atom. The van der Waals surface area contributed by atoms with Gasteiger partial charge in [-0.15, -0.1) is 0 Å². The van der Waals surface area contributed by atoms with Crippen molar-refractivity contribution in [3.05, 3.63) is 48.4 Å². The van der Waals surface area contributed by atoms with E-state index in [1.54, 1.807) is 7.11 Å². The third kappa shape index (κ3) is 2.57. The lowest BCUT2D eigenvalue weighted by Gasteiger charge is -2.49. The van der Waals surface area contributed by atoms with Crippen LogP contribution in [0.5, 0.6) is 5.75 Å². The lowest BCUT2D eigenvalue weighted by atomic mass is 9.74. The number of nitrogens with zero attached hydrogens (tertiary/aromatic N) is 3. The van der Waals surface area contributed by atoms with Crippen LogP contribution in [-0.2, 0) is 11.2 Å². The maximum atomic E-state index is 12.2. The highest BCUT2D eigenvalue weighted by atomic mass is 16.5. The average molecular weight is 337 g/mol. The number of hydrogen-bond acceptors (Lipinski definition) is 5. The molecular weight excluding hydrogens is 318 g/mol. The molecule has 0 unspecified atom stereocenters. The van der Waals surface area contributed by atoms with Gasteiger partial charge in [-0.3, -0.25) is 4.79 Å². The highest BCUT2D eigenvalue weighted by Crippen LogP contribution is 2.38. The number of carbonyl (C=O) groups is 1.